The van der Waals surface area contributed by atoms with Gasteiger partial charge in [0.2, 0.25) is 0 Å². The van der Waals surface area contributed by atoms with Crippen LogP contribution in [0, 0.1) is 6.92 Å². The number of rotatable bonds is 3. The van der Waals surface area contributed by atoms with E-state index >= 15 is 0 Å². The molecule has 0 atom stereocenters. The van der Waals surface area contributed by atoms with Crippen LogP contribution in [0.3, 0.4) is 0 Å². The van der Waals surface area contributed by atoms with E-state index < -0.39 is 5.54 Å². The maximum atomic E-state index is 12.7. The van der Waals surface area contributed by atoms with E-state index in [0.717, 1.165) is 22.9 Å². The van der Waals surface area contributed by atoms with E-state index in [1.807, 2.05) is 25.3 Å². The van der Waals surface area contributed by atoms with Crippen LogP contribution in [-0.2, 0) is 10.3 Å². The summed E-state index contributed by atoms with van der Waals surface area (Å²) in [4.78, 5) is 18.7. The summed E-state index contributed by atoms with van der Waals surface area (Å²) in [6.07, 6.45) is 6.95. The predicted octanol–water partition coefficient (Wildman–Crippen LogP) is 2.50. The van der Waals surface area contributed by atoms with E-state index in [9.17, 15) is 4.79 Å². The number of hydrogen-bond acceptors (Lipinski definition) is 3. The largest absolute Gasteiger partial charge is 0.298 e. The zero-order valence-electron chi connectivity index (χ0n) is 11.4. The lowest BCUT2D eigenvalue weighted by atomic mass is 10.2. The van der Waals surface area contributed by atoms with Crippen molar-refractivity contribution in [1.82, 2.24) is 14.8 Å². The second-order valence-electron chi connectivity index (χ2n) is 5.19. The summed E-state index contributed by atoms with van der Waals surface area (Å²) < 4.78 is 2.64. The number of halogens is 1. The molecule has 0 N–H and O–H groups in total. The summed E-state index contributed by atoms with van der Waals surface area (Å²) >= 11 is 3.37. The molecule has 5 nitrogen and oxygen atoms in total. The Hall–Kier alpha value is -1.69. The van der Waals surface area contributed by atoms with Gasteiger partial charge < -0.3 is 0 Å². The molecule has 0 spiro atoms. The van der Waals surface area contributed by atoms with E-state index in [1.165, 1.54) is 0 Å². The van der Waals surface area contributed by atoms with Gasteiger partial charge in [-0.3, -0.25) is 14.4 Å². The molecule has 1 amide bonds. The molecule has 1 fully saturated rings. The zero-order valence-corrected chi connectivity index (χ0v) is 13.0. The first-order chi connectivity index (χ1) is 9.53. The number of carbonyl (C=O) groups is 1. The average molecular weight is 335 g/mol. The van der Waals surface area contributed by atoms with Gasteiger partial charge in [0.25, 0.3) is 5.91 Å². The van der Waals surface area contributed by atoms with E-state index in [2.05, 4.69) is 26.0 Å². The van der Waals surface area contributed by atoms with E-state index in [-0.39, 0.29) is 5.91 Å². The molecule has 0 aliphatic heterocycles. The molecule has 0 unspecified atom stereocenters. The van der Waals surface area contributed by atoms with Crippen molar-refractivity contribution in [3.05, 3.63) is 40.8 Å². The molecular formula is C14H15BrN4O. The number of aromatic nitrogens is 3. The number of aryl methyl sites for hydroxylation is 1. The molecule has 6 heteroatoms. The molecule has 0 bridgehead atoms. The Morgan fingerprint density at radius 1 is 1.40 bits per heavy atom. The molecule has 20 heavy (non-hydrogen) atoms. The average Bonchev–Trinajstić information content (AvgIpc) is 3.14. The smallest absolute Gasteiger partial charge is 0.255 e. The van der Waals surface area contributed by atoms with Crippen LogP contribution in [-0.4, -0.2) is 27.7 Å². The molecular weight excluding hydrogens is 320 g/mol. The number of amides is 1. The van der Waals surface area contributed by atoms with Gasteiger partial charge in [-0.25, -0.2) is 4.98 Å². The van der Waals surface area contributed by atoms with E-state index in [4.69, 9.17) is 0 Å². The quantitative estimate of drug-likeness (QED) is 0.866. The molecule has 0 radical (unpaired) electrons. The van der Waals surface area contributed by atoms with Crippen molar-refractivity contribution in [3.8, 4) is 0 Å². The molecule has 0 saturated heterocycles. The maximum Gasteiger partial charge on any atom is 0.255 e. The monoisotopic (exact) mass is 334 g/mol. The molecule has 104 valence electrons. The molecule has 1 aliphatic carbocycles. The van der Waals surface area contributed by atoms with Crippen LogP contribution in [0.5, 0.6) is 0 Å². The number of carbonyl (C=O) groups excluding carboxylic acids is 1. The topological polar surface area (TPSA) is 51.0 Å². The first kappa shape index (κ1) is 13.3. The van der Waals surface area contributed by atoms with Gasteiger partial charge >= 0.3 is 0 Å². The predicted molar refractivity (Wildman–Crippen MR) is 79.5 cm³/mol. The Labute approximate surface area is 125 Å². The highest BCUT2D eigenvalue weighted by Gasteiger charge is 2.54. The van der Waals surface area contributed by atoms with Gasteiger partial charge in [0.15, 0.2) is 0 Å². The SMILES string of the molecule is Cc1ccc(N(C)C(=O)C2(n3cc(Br)cn3)CC2)nc1. The maximum absolute atomic E-state index is 12.7. The van der Waals surface area contributed by atoms with Gasteiger partial charge in [0.1, 0.15) is 11.4 Å². The number of hydrogen-bond donors (Lipinski definition) is 0. The van der Waals surface area contributed by atoms with Crippen LogP contribution in [0.15, 0.2) is 35.2 Å². The fourth-order valence-corrected chi connectivity index (χ4v) is 2.55. The second-order valence-corrected chi connectivity index (χ2v) is 6.11. The molecule has 0 aromatic carbocycles. The van der Waals surface area contributed by atoms with Gasteiger partial charge in [-0.2, -0.15) is 5.10 Å². The Balaban J connectivity index is 1.87. The van der Waals surface area contributed by atoms with Crippen LogP contribution in [0.4, 0.5) is 5.82 Å². The lowest BCUT2D eigenvalue weighted by molar-refractivity contribution is -0.123. The Bertz CT molecular complexity index is 645. The molecule has 2 aromatic rings. The number of anilines is 1. The second kappa shape index (κ2) is 4.70. The number of nitrogens with zero attached hydrogens (tertiary/aromatic N) is 4. The van der Waals surface area contributed by atoms with E-state index in [1.54, 1.807) is 29.0 Å². The van der Waals surface area contributed by atoms with Crippen molar-refractivity contribution >= 4 is 27.7 Å². The third-order valence-electron chi connectivity index (χ3n) is 3.66. The Morgan fingerprint density at radius 3 is 2.65 bits per heavy atom. The minimum atomic E-state index is -0.534. The van der Waals surface area contributed by atoms with Crippen LogP contribution in [0.25, 0.3) is 0 Å². The summed E-state index contributed by atoms with van der Waals surface area (Å²) in [5, 5.41) is 4.26. The fraction of sp³-hybridized carbons (Fsp3) is 0.357. The molecule has 3 rings (SSSR count). The van der Waals surface area contributed by atoms with E-state index in [0.29, 0.717) is 5.82 Å². The van der Waals surface area contributed by atoms with Crippen molar-refractivity contribution in [2.24, 2.45) is 0 Å². The van der Waals surface area contributed by atoms with Crippen molar-refractivity contribution in [3.63, 3.8) is 0 Å². The zero-order chi connectivity index (χ0) is 14.3. The standard InChI is InChI=1S/C14H15BrN4O/c1-10-3-4-12(16-7-10)18(2)13(20)14(5-6-14)19-9-11(15)8-17-19/h3-4,7-9H,5-6H2,1-2H3. The number of likely N-dealkylation sites (N-methyl/N-ethyl adjacent to an activating group) is 1. The van der Waals surface area contributed by atoms with Crippen LogP contribution < -0.4 is 4.90 Å². The summed E-state index contributed by atoms with van der Waals surface area (Å²) in [6, 6.07) is 3.82. The van der Waals surface area contributed by atoms with Gasteiger partial charge in [0.05, 0.1) is 10.7 Å². The van der Waals surface area contributed by atoms with Crippen molar-refractivity contribution in [1.29, 1.82) is 0 Å². The van der Waals surface area contributed by atoms with Gasteiger partial charge in [0, 0.05) is 19.4 Å². The molecule has 2 heterocycles. The summed E-state index contributed by atoms with van der Waals surface area (Å²) in [5.41, 5.74) is 0.541. The molecule has 2 aromatic heterocycles. The summed E-state index contributed by atoms with van der Waals surface area (Å²) in [7, 11) is 1.76. The van der Waals surface area contributed by atoms with Crippen molar-refractivity contribution in [2.45, 2.75) is 25.3 Å². The van der Waals surface area contributed by atoms with Gasteiger partial charge in [-0.15, -0.1) is 0 Å². The van der Waals surface area contributed by atoms with Gasteiger partial charge in [-0.1, -0.05) is 6.07 Å². The summed E-state index contributed by atoms with van der Waals surface area (Å²) in [6.45, 7) is 1.97. The highest BCUT2D eigenvalue weighted by atomic mass is 79.9. The third-order valence-corrected chi connectivity index (χ3v) is 4.06. The summed E-state index contributed by atoms with van der Waals surface area (Å²) in [5.74, 6) is 0.697. The van der Waals surface area contributed by atoms with Crippen LogP contribution >= 0.6 is 15.9 Å². The Morgan fingerprint density at radius 2 is 2.15 bits per heavy atom. The minimum absolute atomic E-state index is 0.0319. The number of pyridine rings is 1. The van der Waals surface area contributed by atoms with Crippen LogP contribution in [0.2, 0.25) is 0 Å². The van der Waals surface area contributed by atoms with Crippen molar-refractivity contribution in [2.75, 3.05) is 11.9 Å². The normalized spacial score (nSPS) is 15.9. The first-order valence-electron chi connectivity index (χ1n) is 6.44. The third kappa shape index (κ3) is 2.14. The highest BCUT2D eigenvalue weighted by Crippen LogP contribution is 2.45. The molecule has 1 saturated carbocycles. The lowest BCUT2D eigenvalue weighted by Gasteiger charge is -2.23. The minimum Gasteiger partial charge on any atom is -0.298 e. The fourth-order valence-electron chi connectivity index (χ4n) is 2.27. The first-order valence-corrected chi connectivity index (χ1v) is 7.24. The van der Waals surface area contributed by atoms with Crippen LogP contribution in [0.1, 0.15) is 18.4 Å². The molecule has 1 aliphatic rings. The highest BCUT2D eigenvalue weighted by molar-refractivity contribution is 9.10. The Kier molecular flexibility index (Phi) is 3.12. The lowest BCUT2D eigenvalue weighted by Crippen LogP contribution is -2.40. The van der Waals surface area contributed by atoms with Gasteiger partial charge in [-0.05, 0) is 47.3 Å². The van der Waals surface area contributed by atoms with Crippen molar-refractivity contribution < 1.29 is 4.79 Å².